The summed E-state index contributed by atoms with van der Waals surface area (Å²) in [6, 6.07) is 4.01. The van der Waals surface area contributed by atoms with Crippen molar-refractivity contribution in [2.75, 3.05) is 0 Å². The topological polar surface area (TPSA) is 51.1 Å². The molecule has 0 spiro atoms. The zero-order valence-corrected chi connectivity index (χ0v) is 18.5. The van der Waals surface area contributed by atoms with Gasteiger partial charge in [0.25, 0.3) is 0 Å². The summed E-state index contributed by atoms with van der Waals surface area (Å²) in [5.74, 6) is -2.07. The molecule has 0 unspecified atom stereocenters. The van der Waals surface area contributed by atoms with Gasteiger partial charge in [0, 0.05) is 35.2 Å². The van der Waals surface area contributed by atoms with Crippen molar-refractivity contribution < 1.29 is 34.8 Å². The third-order valence-corrected chi connectivity index (χ3v) is 8.35. The Labute approximate surface area is 191 Å². The number of hydrogen-bond donors (Lipinski definition) is 1. The summed E-state index contributed by atoms with van der Waals surface area (Å²) in [4.78, 5) is 0. The Morgan fingerprint density at radius 2 is 1.74 bits per heavy atom. The Kier molecular flexibility index (Phi) is 5.47. The molecule has 2 aromatic carbocycles. The van der Waals surface area contributed by atoms with Gasteiger partial charge in [-0.25, -0.2) is 26.3 Å². The van der Waals surface area contributed by atoms with E-state index in [4.69, 9.17) is 0 Å². The lowest BCUT2D eigenvalue weighted by molar-refractivity contribution is -0.137. The molecule has 0 bridgehead atoms. The molecule has 0 saturated heterocycles. The highest BCUT2D eigenvalue weighted by molar-refractivity contribution is 7.90. The maximum atomic E-state index is 15.2. The van der Waals surface area contributed by atoms with Crippen molar-refractivity contribution in [1.82, 2.24) is 9.29 Å². The first kappa shape index (κ1) is 23.2. The smallest absolute Gasteiger partial charge is 0.344 e. The number of nitrogens with one attached hydrogen (secondary N) is 1. The molecule has 0 atom stereocenters. The predicted molar refractivity (Wildman–Crippen MR) is 114 cm³/mol. The number of benzene rings is 2. The van der Waals surface area contributed by atoms with Crippen LogP contribution >= 0.6 is 0 Å². The van der Waals surface area contributed by atoms with E-state index in [9.17, 15) is 30.4 Å². The first-order valence-electron chi connectivity index (χ1n) is 10.8. The van der Waals surface area contributed by atoms with Gasteiger partial charge in [0.15, 0.2) is 0 Å². The summed E-state index contributed by atoms with van der Waals surface area (Å²) in [6.45, 7) is -0.128. The van der Waals surface area contributed by atoms with E-state index in [0.717, 1.165) is 18.2 Å². The van der Waals surface area contributed by atoms with Gasteiger partial charge in [-0.05, 0) is 61.1 Å². The van der Waals surface area contributed by atoms with E-state index < -0.39 is 50.4 Å². The molecule has 11 heteroatoms. The minimum atomic E-state index is -4.91. The number of aromatic nitrogens is 1. The molecule has 34 heavy (non-hydrogen) atoms. The van der Waals surface area contributed by atoms with Crippen LogP contribution in [0.5, 0.6) is 0 Å². The van der Waals surface area contributed by atoms with E-state index in [-0.39, 0.29) is 31.0 Å². The van der Waals surface area contributed by atoms with Gasteiger partial charge < -0.3 is 4.57 Å². The summed E-state index contributed by atoms with van der Waals surface area (Å²) < 4.78 is 112. The molecule has 4 nitrogen and oxygen atoms in total. The van der Waals surface area contributed by atoms with Crippen LogP contribution in [-0.2, 0) is 22.7 Å². The van der Waals surface area contributed by atoms with Gasteiger partial charge in [-0.1, -0.05) is 6.07 Å². The predicted octanol–water partition coefficient (Wildman–Crippen LogP) is 5.86. The van der Waals surface area contributed by atoms with E-state index in [0.29, 0.717) is 35.4 Å². The molecule has 0 radical (unpaired) electrons. The molecule has 1 N–H and O–H groups in total. The maximum Gasteiger partial charge on any atom is 0.417 e. The van der Waals surface area contributed by atoms with Crippen LogP contribution in [0.25, 0.3) is 22.0 Å². The Balaban J connectivity index is 1.63. The van der Waals surface area contributed by atoms with Crippen LogP contribution in [0.3, 0.4) is 0 Å². The van der Waals surface area contributed by atoms with Crippen LogP contribution in [-0.4, -0.2) is 24.4 Å². The zero-order valence-electron chi connectivity index (χ0n) is 17.7. The van der Waals surface area contributed by atoms with Gasteiger partial charge in [0.2, 0.25) is 10.0 Å². The number of rotatable bonds is 6. The molecule has 1 heterocycles. The average Bonchev–Trinajstić information content (AvgIpc) is 3.53. The number of hydrogen-bond acceptors (Lipinski definition) is 2. The lowest BCUT2D eigenvalue weighted by atomic mass is 9.90. The number of nitrogens with zero attached hydrogens (tertiary/aromatic N) is 1. The van der Waals surface area contributed by atoms with Crippen molar-refractivity contribution in [3.8, 4) is 11.1 Å². The molecule has 3 aromatic rings. The van der Waals surface area contributed by atoms with E-state index >= 15 is 4.39 Å². The number of sulfonamides is 1. The van der Waals surface area contributed by atoms with Gasteiger partial charge in [-0.15, -0.1) is 0 Å². The first-order chi connectivity index (χ1) is 15.9. The summed E-state index contributed by atoms with van der Waals surface area (Å²) in [5, 5.41) is -0.139. The molecule has 2 saturated carbocycles. The molecule has 5 rings (SSSR count). The molecule has 2 aliphatic rings. The van der Waals surface area contributed by atoms with Gasteiger partial charge >= 0.3 is 6.18 Å². The maximum absolute atomic E-state index is 15.2. The Hall–Kier alpha value is -2.53. The lowest BCUT2D eigenvalue weighted by Crippen LogP contribution is -2.28. The van der Waals surface area contributed by atoms with Crippen molar-refractivity contribution in [2.45, 2.75) is 55.9 Å². The highest BCUT2D eigenvalue weighted by atomic mass is 32.2. The van der Waals surface area contributed by atoms with E-state index in [1.54, 1.807) is 10.8 Å². The van der Waals surface area contributed by atoms with Crippen LogP contribution in [0.2, 0.25) is 0 Å². The van der Waals surface area contributed by atoms with Gasteiger partial charge in [-0.2, -0.15) is 13.2 Å². The fraction of sp³-hybridized carbons (Fsp3) is 0.391. The minimum Gasteiger partial charge on any atom is -0.344 e. The van der Waals surface area contributed by atoms with Crippen molar-refractivity contribution in [1.29, 1.82) is 0 Å². The normalized spacial score (nSPS) is 21.1. The molecule has 2 fully saturated rings. The molecular formula is C23H20F6N2O2S. The highest BCUT2D eigenvalue weighted by Crippen LogP contribution is 2.42. The van der Waals surface area contributed by atoms with E-state index in [1.807, 2.05) is 0 Å². The fourth-order valence-electron chi connectivity index (χ4n) is 4.40. The molecule has 2 aliphatic carbocycles. The average molecular weight is 502 g/mol. The van der Waals surface area contributed by atoms with Crippen LogP contribution in [0.15, 0.2) is 36.5 Å². The van der Waals surface area contributed by atoms with Crippen LogP contribution < -0.4 is 4.72 Å². The largest absolute Gasteiger partial charge is 0.417 e. The summed E-state index contributed by atoms with van der Waals surface area (Å²) in [6.07, 6.45) is -2.84. The van der Waals surface area contributed by atoms with Crippen LogP contribution in [0.4, 0.5) is 26.3 Å². The monoisotopic (exact) mass is 502 g/mol. The van der Waals surface area contributed by atoms with E-state index in [2.05, 4.69) is 4.72 Å². The number of fused-ring (bicyclic) bond motifs is 1. The van der Waals surface area contributed by atoms with Crippen molar-refractivity contribution >= 4 is 20.9 Å². The third-order valence-electron chi connectivity index (χ3n) is 6.46. The van der Waals surface area contributed by atoms with Gasteiger partial charge in [0.05, 0.1) is 10.8 Å². The Morgan fingerprint density at radius 3 is 2.35 bits per heavy atom. The van der Waals surface area contributed by atoms with E-state index in [1.165, 1.54) is 6.07 Å². The highest BCUT2D eigenvalue weighted by Gasteiger charge is 2.37. The lowest BCUT2D eigenvalue weighted by Gasteiger charge is -2.31. The SMILES string of the molecule is O=S(=O)(NCc1cn(C2CC(F)C2)c2cc(-c3ccc(F)cc3C(F)(F)F)c(F)cc12)C1CC1. The van der Waals surface area contributed by atoms with Crippen molar-refractivity contribution in [3.63, 3.8) is 0 Å². The molecule has 1 aromatic heterocycles. The number of halogens is 6. The number of alkyl halides is 4. The second-order valence-electron chi connectivity index (χ2n) is 8.89. The first-order valence-corrected chi connectivity index (χ1v) is 12.3. The standard InChI is InChI=1S/C23H20F6N2O2S/c24-13-1-4-17(20(7-13)23(27,28)29)19-9-22-18(8-21(19)26)12(10-30-34(32,33)16-2-3-16)11-31(22)15-5-14(25)6-15/h1,4,7-9,11,14-16,30H,2-3,5-6,10H2. The molecular weight excluding hydrogens is 482 g/mol. The van der Waals surface area contributed by atoms with Gasteiger partial charge in [0.1, 0.15) is 17.8 Å². The summed E-state index contributed by atoms with van der Waals surface area (Å²) in [7, 11) is -3.53. The quantitative estimate of drug-likeness (QED) is 0.430. The second-order valence-corrected chi connectivity index (χ2v) is 10.9. The summed E-state index contributed by atoms with van der Waals surface area (Å²) in [5.41, 5.74) is -1.42. The Morgan fingerprint density at radius 1 is 1.03 bits per heavy atom. The zero-order chi connectivity index (χ0) is 24.4. The molecule has 182 valence electrons. The fourth-order valence-corrected chi connectivity index (χ4v) is 5.75. The van der Waals surface area contributed by atoms with Crippen LogP contribution in [0, 0.1) is 11.6 Å². The Bertz CT molecular complexity index is 1370. The minimum absolute atomic E-state index is 0.128. The summed E-state index contributed by atoms with van der Waals surface area (Å²) >= 11 is 0. The third kappa shape index (κ3) is 4.19. The molecule has 0 amide bonds. The van der Waals surface area contributed by atoms with Gasteiger partial charge in [-0.3, -0.25) is 0 Å². The van der Waals surface area contributed by atoms with Crippen molar-refractivity contribution in [2.24, 2.45) is 0 Å². The van der Waals surface area contributed by atoms with Crippen LogP contribution in [0.1, 0.15) is 42.9 Å². The van der Waals surface area contributed by atoms with Crippen molar-refractivity contribution in [3.05, 3.63) is 59.3 Å². The second kappa shape index (κ2) is 8.01. The molecule has 0 aliphatic heterocycles.